The maximum absolute atomic E-state index is 13.4. The average Bonchev–Trinajstić information content (AvgIpc) is 2.92. The molecule has 1 aromatic carbocycles. The molecule has 0 aliphatic heterocycles. The van der Waals surface area contributed by atoms with E-state index in [1.807, 2.05) is 4.90 Å². The van der Waals surface area contributed by atoms with Crippen LogP contribution < -0.4 is 4.74 Å². The van der Waals surface area contributed by atoms with E-state index in [0.29, 0.717) is 25.4 Å². The SMILES string of the molecule is COc1ccc(F)cc1CN(CCO)Cc1ncc[nH]1. The van der Waals surface area contributed by atoms with E-state index in [-0.39, 0.29) is 12.4 Å². The van der Waals surface area contributed by atoms with E-state index in [2.05, 4.69) is 9.97 Å². The van der Waals surface area contributed by atoms with Gasteiger partial charge in [0, 0.05) is 31.0 Å². The molecule has 6 heteroatoms. The summed E-state index contributed by atoms with van der Waals surface area (Å²) in [5, 5.41) is 9.15. The van der Waals surface area contributed by atoms with Crippen molar-refractivity contribution >= 4 is 0 Å². The molecule has 0 fully saturated rings. The third kappa shape index (κ3) is 3.79. The summed E-state index contributed by atoms with van der Waals surface area (Å²) in [6, 6.07) is 4.42. The molecule has 20 heavy (non-hydrogen) atoms. The van der Waals surface area contributed by atoms with Crippen molar-refractivity contribution in [2.24, 2.45) is 0 Å². The van der Waals surface area contributed by atoms with Gasteiger partial charge in [-0.15, -0.1) is 0 Å². The second-order valence-electron chi connectivity index (χ2n) is 4.43. The van der Waals surface area contributed by atoms with Crippen LogP contribution in [0.1, 0.15) is 11.4 Å². The summed E-state index contributed by atoms with van der Waals surface area (Å²) in [6.07, 6.45) is 3.42. The highest BCUT2D eigenvalue weighted by Gasteiger charge is 2.12. The van der Waals surface area contributed by atoms with Crippen LogP contribution in [-0.2, 0) is 13.1 Å². The Hall–Kier alpha value is -1.92. The number of aromatic nitrogens is 2. The third-order valence-electron chi connectivity index (χ3n) is 2.98. The summed E-state index contributed by atoms with van der Waals surface area (Å²) in [5.74, 6) is 1.13. The number of imidazole rings is 1. The predicted octanol–water partition coefficient (Wildman–Crippen LogP) is 1.55. The fourth-order valence-corrected chi connectivity index (χ4v) is 2.06. The summed E-state index contributed by atoms with van der Waals surface area (Å²) in [5.41, 5.74) is 0.743. The molecule has 2 aromatic rings. The van der Waals surface area contributed by atoms with Gasteiger partial charge in [-0.2, -0.15) is 0 Å². The first-order valence-electron chi connectivity index (χ1n) is 6.37. The number of benzene rings is 1. The van der Waals surface area contributed by atoms with Crippen LogP contribution in [0.15, 0.2) is 30.6 Å². The Morgan fingerprint density at radius 2 is 2.25 bits per heavy atom. The molecule has 0 aliphatic rings. The van der Waals surface area contributed by atoms with Gasteiger partial charge >= 0.3 is 0 Å². The predicted molar refractivity (Wildman–Crippen MR) is 72.7 cm³/mol. The van der Waals surface area contributed by atoms with Gasteiger partial charge in [-0.05, 0) is 18.2 Å². The number of nitrogens with one attached hydrogen (secondary N) is 1. The molecule has 0 radical (unpaired) electrons. The minimum absolute atomic E-state index is 0.0261. The van der Waals surface area contributed by atoms with Crippen LogP contribution in [0.4, 0.5) is 4.39 Å². The van der Waals surface area contributed by atoms with Gasteiger partial charge in [0.1, 0.15) is 17.4 Å². The standard InChI is InChI=1S/C14H18FN3O2/c1-20-13-3-2-12(15)8-11(13)9-18(6-7-19)10-14-16-4-5-17-14/h2-5,8,19H,6-7,9-10H2,1H3,(H,16,17). The second-order valence-corrected chi connectivity index (χ2v) is 4.43. The second kappa shape index (κ2) is 7.02. The topological polar surface area (TPSA) is 61.4 Å². The lowest BCUT2D eigenvalue weighted by Gasteiger charge is -2.21. The molecule has 0 atom stereocenters. The lowest BCUT2D eigenvalue weighted by Crippen LogP contribution is -2.26. The monoisotopic (exact) mass is 279 g/mol. The van der Waals surface area contributed by atoms with Gasteiger partial charge in [0.25, 0.3) is 0 Å². The molecule has 5 nitrogen and oxygen atoms in total. The summed E-state index contributed by atoms with van der Waals surface area (Å²) in [7, 11) is 1.56. The Balaban J connectivity index is 2.12. The maximum atomic E-state index is 13.4. The number of halogens is 1. The van der Waals surface area contributed by atoms with Crippen LogP contribution in [0.25, 0.3) is 0 Å². The first-order chi connectivity index (χ1) is 9.72. The Morgan fingerprint density at radius 3 is 2.90 bits per heavy atom. The van der Waals surface area contributed by atoms with Crippen molar-refractivity contribution in [1.82, 2.24) is 14.9 Å². The summed E-state index contributed by atoms with van der Waals surface area (Å²) >= 11 is 0. The normalized spacial score (nSPS) is 11.0. The quantitative estimate of drug-likeness (QED) is 0.807. The largest absolute Gasteiger partial charge is 0.496 e. The van der Waals surface area contributed by atoms with E-state index in [1.54, 1.807) is 25.6 Å². The molecular weight excluding hydrogens is 261 g/mol. The zero-order valence-electron chi connectivity index (χ0n) is 11.3. The van der Waals surface area contributed by atoms with Crippen molar-refractivity contribution in [2.45, 2.75) is 13.1 Å². The van der Waals surface area contributed by atoms with Crippen molar-refractivity contribution in [3.8, 4) is 5.75 Å². The molecule has 1 heterocycles. The number of hydrogen-bond acceptors (Lipinski definition) is 4. The maximum Gasteiger partial charge on any atom is 0.123 e. The fourth-order valence-electron chi connectivity index (χ4n) is 2.06. The molecule has 2 rings (SSSR count). The molecule has 0 unspecified atom stereocenters. The van der Waals surface area contributed by atoms with Gasteiger partial charge in [0.2, 0.25) is 0 Å². The number of aromatic amines is 1. The zero-order valence-corrected chi connectivity index (χ0v) is 11.3. The minimum Gasteiger partial charge on any atom is -0.496 e. The van der Waals surface area contributed by atoms with Crippen molar-refractivity contribution in [3.63, 3.8) is 0 Å². The Bertz CT molecular complexity index is 531. The van der Waals surface area contributed by atoms with Crippen molar-refractivity contribution in [1.29, 1.82) is 0 Å². The Labute approximate surface area is 117 Å². The molecule has 108 valence electrons. The lowest BCUT2D eigenvalue weighted by atomic mass is 10.1. The number of rotatable bonds is 7. The van der Waals surface area contributed by atoms with Crippen LogP contribution >= 0.6 is 0 Å². The van der Waals surface area contributed by atoms with Gasteiger partial charge < -0.3 is 14.8 Å². The van der Waals surface area contributed by atoms with Gasteiger partial charge in [-0.1, -0.05) is 0 Å². The number of aliphatic hydroxyl groups is 1. The van der Waals surface area contributed by atoms with E-state index in [4.69, 9.17) is 9.84 Å². The summed E-state index contributed by atoms with van der Waals surface area (Å²) in [6.45, 7) is 1.52. The molecule has 0 bridgehead atoms. The molecule has 0 aliphatic carbocycles. The van der Waals surface area contributed by atoms with Crippen LogP contribution in [0.2, 0.25) is 0 Å². The third-order valence-corrected chi connectivity index (χ3v) is 2.98. The van der Waals surface area contributed by atoms with Crippen LogP contribution in [-0.4, -0.2) is 40.2 Å². The van der Waals surface area contributed by atoms with Crippen LogP contribution in [0, 0.1) is 5.82 Å². The summed E-state index contributed by atoms with van der Waals surface area (Å²) < 4.78 is 18.6. The smallest absolute Gasteiger partial charge is 0.123 e. The number of ether oxygens (including phenoxy) is 1. The van der Waals surface area contributed by atoms with E-state index in [0.717, 1.165) is 11.4 Å². The van der Waals surface area contributed by atoms with Crippen molar-refractivity contribution in [3.05, 3.63) is 47.8 Å². The zero-order chi connectivity index (χ0) is 14.4. The minimum atomic E-state index is -0.303. The highest BCUT2D eigenvalue weighted by atomic mass is 19.1. The molecule has 0 saturated heterocycles. The number of H-pyrrole nitrogens is 1. The highest BCUT2D eigenvalue weighted by molar-refractivity contribution is 5.33. The van der Waals surface area contributed by atoms with Gasteiger partial charge in [0.05, 0.1) is 20.3 Å². The van der Waals surface area contributed by atoms with Crippen LogP contribution in [0.5, 0.6) is 5.75 Å². The first-order valence-corrected chi connectivity index (χ1v) is 6.37. The fraction of sp³-hybridized carbons (Fsp3) is 0.357. The van der Waals surface area contributed by atoms with E-state index >= 15 is 0 Å². The molecule has 0 amide bonds. The number of aliphatic hydroxyl groups excluding tert-OH is 1. The van der Waals surface area contributed by atoms with E-state index in [1.165, 1.54) is 12.1 Å². The average molecular weight is 279 g/mol. The molecule has 0 spiro atoms. The van der Waals surface area contributed by atoms with Crippen LogP contribution in [0.3, 0.4) is 0 Å². The highest BCUT2D eigenvalue weighted by Crippen LogP contribution is 2.21. The molecule has 0 saturated carbocycles. The number of hydrogen-bond donors (Lipinski definition) is 2. The Kier molecular flexibility index (Phi) is 5.09. The molecule has 2 N–H and O–H groups in total. The lowest BCUT2D eigenvalue weighted by molar-refractivity contribution is 0.180. The van der Waals surface area contributed by atoms with Crippen molar-refractivity contribution in [2.75, 3.05) is 20.3 Å². The number of methoxy groups -OCH3 is 1. The molecular formula is C14H18FN3O2. The van der Waals surface area contributed by atoms with E-state index < -0.39 is 0 Å². The van der Waals surface area contributed by atoms with Gasteiger partial charge in [0.15, 0.2) is 0 Å². The Morgan fingerprint density at radius 1 is 1.40 bits per heavy atom. The van der Waals surface area contributed by atoms with E-state index in [9.17, 15) is 4.39 Å². The molecule has 1 aromatic heterocycles. The first kappa shape index (κ1) is 14.5. The summed E-state index contributed by atoms with van der Waals surface area (Å²) in [4.78, 5) is 9.14. The van der Waals surface area contributed by atoms with Gasteiger partial charge in [-0.25, -0.2) is 9.37 Å². The van der Waals surface area contributed by atoms with Crippen molar-refractivity contribution < 1.29 is 14.2 Å². The number of nitrogens with zero attached hydrogens (tertiary/aromatic N) is 2. The van der Waals surface area contributed by atoms with Gasteiger partial charge in [-0.3, -0.25) is 4.90 Å².